The predicted octanol–water partition coefficient (Wildman–Crippen LogP) is -3.44. The largest absolute Gasteiger partial charge is 0.368 e. The lowest BCUT2D eigenvalue weighted by Crippen LogP contribution is -2.48. The highest BCUT2D eigenvalue weighted by molar-refractivity contribution is 5.90. The van der Waals surface area contributed by atoms with Gasteiger partial charge in [-0.15, -0.1) is 0 Å². The summed E-state index contributed by atoms with van der Waals surface area (Å²) in [7, 11) is 0. The van der Waals surface area contributed by atoms with E-state index in [0.29, 0.717) is 6.42 Å². The lowest BCUT2D eigenvalue weighted by atomic mass is 10.2. The average Bonchev–Trinajstić information content (AvgIpc) is 2.39. The third-order valence-electron chi connectivity index (χ3n) is 2.16. The van der Waals surface area contributed by atoms with Crippen molar-refractivity contribution in [3.63, 3.8) is 0 Å². The molecule has 0 radical (unpaired) electrons. The molecule has 0 saturated heterocycles. The minimum atomic E-state index is -0.763. The van der Waals surface area contributed by atoms with E-state index in [1.54, 1.807) is 6.92 Å². The fraction of sp³-hybridized carbons (Fsp3) is 0.600. The van der Waals surface area contributed by atoms with Gasteiger partial charge < -0.3 is 27.4 Å². The molecule has 0 saturated carbocycles. The van der Waals surface area contributed by atoms with Crippen LogP contribution in [0.15, 0.2) is 0 Å². The molecule has 19 heavy (non-hydrogen) atoms. The summed E-state index contributed by atoms with van der Waals surface area (Å²) in [5.74, 6) is -2.19. The average molecular weight is 273 g/mol. The standard InChI is InChI=1S/C10H19N5O4/c1-2-6(10(12)19)15-9(18)5-14-8(17)4-13-7(16)3-11/h6H,2-5,11H2,1H3,(H2,12,19)(H,13,16)(H,14,17)(H,15,18)/t6-/m0/s1. The highest BCUT2D eigenvalue weighted by atomic mass is 16.2. The van der Waals surface area contributed by atoms with Crippen LogP contribution in [0.25, 0.3) is 0 Å². The summed E-state index contributed by atoms with van der Waals surface area (Å²) in [6, 6.07) is -0.763. The maximum absolute atomic E-state index is 11.4. The van der Waals surface area contributed by atoms with Gasteiger partial charge in [-0.05, 0) is 6.42 Å². The Labute approximate surface area is 110 Å². The minimum absolute atomic E-state index is 0.218. The second kappa shape index (κ2) is 8.86. The fourth-order valence-electron chi connectivity index (χ4n) is 1.11. The first kappa shape index (κ1) is 16.8. The number of primary amides is 1. The van der Waals surface area contributed by atoms with Crippen LogP contribution in [-0.4, -0.2) is 49.3 Å². The van der Waals surface area contributed by atoms with Crippen molar-refractivity contribution in [1.29, 1.82) is 0 Å². The van der Waals surface area contributed by atoms with Gasteiger partial charge >= 0.3 is 0 Å². The summed E-state index contributed by atoms with van der Waals surface area (Å²) in [6.45, 7) is 0.901. The molecule has 1 atom stereocenters. The third-order valence-corrected chi connectivity index (χ3v) is 2.16. The minimum Gasteiger partial charge on any atom is -0.368 e. The highest BCUT2D eigenvalue weighted by Crippen LogP contribution is 1.88. The molecule has 0 aliphatic rings. The van der Waals surface area contributed by atoms with Crippen LogP contribution in [0.1, 0.15) is 13.3 Å². The number of carbonyl (C=O) groups is 4. The first-order chi connectivity index (χ1) is 8.90. The molecule has 0 rings (SSSR count). The zero-order valence-electron chi connectivity index (χ0n) is 10.7. The lowest BCUT2D eigenvalue weighted by molar-refractivity contribution is -0.129. The van der Waals surface area contributed by atoms with Crippen LogP contribution in [0.5, 0.6) is 0 Å². The van der Waals surface area contributed by atoms with Crippen molar-refractivity contribution in [2.75, 3.05) is 19.6 Å². The number of amides is 4. The smallest absolute Gasteiger partial charge is 0.240 e. The molecule has 0 heterocycles. The van der Waals surface area contributed by atoms with Gasteiger partial charge in [0.05, 0.1) is 19.6 Å². The van der Waals surface area contributed by atoms with Crippen molar-refractivity contribution in [3.8, 4) is 0 Å². The van der Waals surface area contributed by atoms with Crippen LogP contribution in [0.4, 0.5) is 0 Å². The number of hydrogen-bond donors (Lipinski definition) is 5. The van der Waals surface area contributed by atoms with E-state index in [-0.39, 0.29) is 19.6 Å². The Bertz CT molecular complexity index is 358. The maximum atomic E-state index is 11.4. The topological polar surface area (TPSA) is 156 Å². The van der Waals surface area contributed by atoms with Crippen molar-refractivity contribution >= 4 is 23.6 Å². The molecule has 0 bridgehead atoms. The second-order valence-electron chi connectivity index (χ2n) is 3.69. The van der Waals surface area contributed by atoms with Crippen molar-refractivity contribution < 1.29 is 19.2 Å². The van der Waals surface area contributed by atoms with Crippen LogP contribution >= 0.6 is 0 Å². The summed E-state index contributed by atoms with van der Waals surface area (Å²) >= 11 is 0. The van der Waals surface area contributed by atoms with Crippen LogP contribution in [0.3, 0.4) is 0 Å². The van der Waals surface area contributed by atoms with E-state index in [1.807, 2.05) is 0 Å². The molecular weight excluding hydrogens is 254 g/mol. The number of nitrogens with two attached hydrogens (primary N) is 2. The summed E-state index contributed by atoms with van der Waals surface area (Å²) in [5.41, 5.74) is 10.1. The zero-order chi connectivity index (χ0) is 14.8. The molecule has 4 amide bonds. The van der Waals surface area contributed by atoms with Crippen LogP contribution in [0, 0.1) is 0 Å². The quantitative estimate of drug-likeness (QED) is 0.311. The van der Waals surface area contributed by atoms with Crippen LogP contribution < -0.4 is 27.4 Å². The van der Waals surface area contributed by atoms with Crippen molar-refractivity contribution in [2.24, 2.45) is 11.5 Å². The molecule has 0 aromatic rings. The van der Waals surface area contributed by atoms with Gasteiger partial charge in [-0.25, -0.2) is 0 Å². The van der Waals surface area contributed by atoms with Crippen molar-refractivity contribution in [1.82, 2.24) is 16.0 Å². The molecule has 0 aromatic carbocycles. The highest BCUT2D eigenvalue weighted by Gasteiger charge is 2.15. The summed E-state index contributed by atoms with van der Waals surface area (Å²) in [6.07, 6.45) is 0.363. The van der Waals surface area contributed by atoms with E-state index < -0.39 is 29.7 Å². The number of nitrogens with one attached hydrogen (secondary N) is 3. The maximum Gasteiger partial charge on any atom is 0.240 e. The van der Waals surface area contributed by atoms with E-state index in [4.69, 9.17) is 11.5 Å². The van der Waals surface area contributed by atoms with E-state index in [2.05, 4.69) is 16.0 Å². The monoisotopic (exact) mass is 273 g/mol. The Morgan fingerprint density at radius 1 is 1.00 bits per heavy atom. The molecule has 0 spiro atoms. The summed E-state index contributed by atoms with van der Waals surface area (Å²) in [5, 5.41) is 6.88. The molecule has 0 aromatic heterocycles. The van der Waals surface area contributed by atoms with Gasteiger partial charge in [0.2, 0.25) is 23.6 Å². The van der Waals surface area contributed by atoms with E-state index in [1.165, 1.54) is 0 Å². The second-order valence-corrected chi connectivity index (χ2v) is 3.69. The predicted molar refractivity (Wildman–Crippen MR) is 66.5 cm³/mol. The Kier molecular flexibility index (Phi) is 7.85. The Morgan fingerprint density at radius 2 is 1.53 bits per heavy atom. The van der Waals surface area contributed by atoms with E-state index in [9.17, 15) is 19.2 Å². The van der Waals surface area contributed by atoms with Gasteiger partial charge in [-0.2, -0.15) is 0 Å². The summed E-state index contributed by atoms with van der Waals surface area (Å²) < 4.78 is 0. The van der Waals surface area contributed by atoms with Crippen molar-refractivity contribution in [2.45, 2.75) is 19.4 Å². The number of rotatable bonds is 8. The van der Waals surface area contributed by atoms with Crippen LogP contribution in [0.2, 0.25) is 0 Å². The molecule has 108 valence electrons. The first-order valence-corrected chi connectivity index (χ1v) is 5.72. The number of carbonyl (C=O) groups excluding carboxylic acids is 4. The van der Waals surface area contributed by atoms with Crippen LogP contribution in [-0.2, 0) is 19.2 Å². The molecule has 9 heteroatoms. The SMILES string of the molecule is CC[C@H](NC(=O)CNC(=O)CNC(=O)CN)C(N)=O. The number of hydrogen-bond acceptors (Lipinski definition) is 5. The first-order valence-electron chi connectivity index (χ1n) is 5.72. The molecular formula is C10H19N5O4. The van der Waals surface area contributed by atoms with Gasteiger partial charge in [0, 0.05) is 0 Å². The molecule has 0 aliphatic heterocycles. The van der Waals surface area contributed by atoms with Gasteiger partial charge in [0.25, 0.3) is 0 Å². The third kappa shape index (κ3) is 7.71. The molecule has 0 fully saturated rings. The molecule has 7 N–H and O–H groups in total. The van der Waals surface area contributed by atoms with E-state index >= 15 is 0 Å². The van der Waals surface area contributed by atoms with Gasteiger partial charge in [0.1, 0.15) is 6.04 Å². The molecule has 0 aliphatic carbocycles. The molecule has 9 nitrogen and oxygen atoms in total. The lowest BCUT2D eigenvalue weighted by Gasteiger charge is -2.13. The Hall–Kier alpha value is -2.16. The Balaban J connectivity index is 3.92. The zero-order valence-corrected chi connectivity index (χ0v) is 10.7. The molecule has 0 unspecified atom stereocenters. The fourth-order valence-corrected chi connectivity index (χ4v) is 1.11. The van der Waals surface area contributed by atoms with Gasteiger partial charge in [-0.3, -0.25) is 19.2 Å². The van der Waals surface area contributed by atoms with Gasteiger partial charge in [0.15, 0.2) is 0 Å². The van der Waals surface area contributed by atoms with Gasteiger partial charge in [-0.1, -0.05) is 6.92 Å². The normalized spacial score (nSPS) is 11.3. The van der Waals surface area contributed by atoms with Crippen molar-refractivity contribution in [3.05, 3.63) is 0 Å². The van der Waals surface area contributed by atoms with E-state index in [0.717, 1.165) is 0 Å². The Morgan fingerprint density at radius 3 is 2.00 bits per heavy atom. The summed E-state index contributed by atoms with van der Waals surface area (Å²) in [4.78, 5) is 44.2.